The van der Waals surface area contributed by atoms with Gasteiger partial charge in [0.2, 0.25) is 0 Å². The van der Waals surface area contributed by atoms with Crippen molar-refractivity contribution >= 4 is 11.8 Å². The summed E-state index contributed by atoms with van der Waals surface area (Å²) in [5, 5.41) is 10.5. The van der Waals surface area contributed by atoms with Gasteiger partial charge >= 0.3 is 6.16 Å². The minimum atomic E-state index is -0.793. The fourth-order valence-corrected chi connectivity index (χ4v) is 2.11. The third-order valence-electron chi connectivity index (χ3n) is 3.21. The summed E-state index contributed by atoms with van der Waals surface area (Å²) in [5.41, 5.74) is -0.0568. The molecule has 6 nitrogen and oxygen atoms in total. The van der Waals surface area contributed by atoms with Crippen LogP contribution in [0.25, 0.3) is 0 Å². The first kappa shape index (κ1) is 15.0. The van der Waals surface area contributed by atoms with Crippen molar-refractivity contribution in [2.45, 2.75) is 38.2 Å². The van der Waals surface area contributed by atoms with Crippen LogP contribution in [-0.4, -0.2) is 17.2 Å². The predicted molar refractivity (Wildman–Crippen MR) is 76.2 cm³/mol. The Morgan fingerprint density at radius 3 is 2.67 bits per heavy atom. The van der Waals surface area contributed by atoms with Crippen LogP contribution in [0.1, 0.15) is 32.1 Å². The van der Waals surface area contributed by atoms with Gasteiger partial charge < -0.3 is 9.47 Å². The van der Waals surface area contributed by atoms with Crippen LogP contribution in [0.2, 0.25) is 0 Å². The number of carbonyl (C=O) groups is 1. The summed E-state index contributed by atoms with van der Waals surface area (Å²) in [7, 11) is 0. The number of hydrogen-bond donors (Lipinski definition) is 0. The van der Waals surface area contributed by atoms with Crippen molar-refractivity contribution in [3.05, 3.63) is 46.5 Å². The number of nitrogens with zero attached hydrogens (tertiary/aromatic N) is 1. The molecule has 0 radical (unpaired) electrons. The third-order valence-corrected chi connectivity index (χ3v) is 3.21. The summed E-state index contributed by atoms with van der Waals surface area (Å²) in [6.07, 6.45) is 7.93. The maximum Gasteiger partial charge on any atom is 0.514 e. The van der Waals surface area contributed by atoms with E-state index in [0.29, 0.717) is 0 Å². The third kappa shape index (κ3) is 4.91. The van der Waals surface area contributed by atoms with Gasteiger partial charge in [0.15, 0.2) is 0 Å². The van der Waals surface area contributed by atoms with Gasteiger partial charge in [0.25, 0.3) is 5.69 Å². The largest absolute Gasteiger partial charge is 0.514 e. The Morgan fingerprint density at radius 1 is 1.19 bits per heavy atom. The lowest BCUT2D eigenvalue weighted by molar-refractivity contribution is -0.384. The summed E-state index contributed by atoms with van der Waals surface area (Å²) in [6, 6.07) is 5.29. The molecule has 112 valence electrons. The zero-order chi connectivity index (χ0) is 15.1. The Bertz CT molecular complexity index is 523. The number of carbonyl (C=O) groups excluding carboxylic acids is 1. The Balaban J connectivity index is 1.88. The SMILES string of the molecule is O=C(Oc1ccc([N+](=O)[O-])cc1)O[C@H]1C=CCCCCC1. The Hall–Kier alpha value is -2.37. The van der Waals surface area contributed by atoms with E-state index in [0.717, 1.165) is 32.1 Å². The van der Waals surface area contributed by atoms with Crippen molar-refractivity contribution in [3.8, 4) is 5.75 Å². The number of hydrogen-bond acceptors (Lipinski definition) is 5. The van der Waals surface area contributed by atoms with Crippen LogP contribution in [0.3, 0.4) is 0 Å². The molecular formula is C15H17NO5. The van der Waals surface area contributed by atoms with E-state index in [1.165, 1.54) is 24.3 Å². The molecule has 0 saturated carbocycles. The average Bonchev–Trinajstić information content (AvgIpc) is 2.42. The maximum absolute atomic E-state index is 11.7. The van der Waals surface area contributed by atoms with E-state index in [1.807, 2.05) is 12.2 Å². The lowest BCUT2D eigenvalue weighted by Crippen LogP contribution is -2.19. The average molecular weight is 291 g/mol. The van der Waals surface area contributed by atoms with Crippen molar-refractivity contribution in [1.29, 1.82) is 0 Å². The van der Waals surface area contributed by atoms with E-state index in [1.54, 1.807) is 0 Å². The summed E-state index contributed by atoms with van der Waals surface area (Å²) >= 11 is 0. The molecule has 0 amide bonds. The van der Waals surface area contributed by atoms with Crippen molar-refractivity contribution in [1.82, 2.24) is 0 Å². The van der Waals surface area contributed by atoms with E-state index in [4.69, 9.17) is 9.47 Å². The van der Waals surface area contributed by atoms with Crippen LogP contribution in [0.15, 0.2) is 36.4 Å². The lowest BCUT2D eigenvalue weighted by Gasteiger charge is -2.15. The van der Waals surface area contributed by atoms with Crippen molar-refractivity contribution in [2.75, 3.05) is 0 Å². The monoisotopic (exact) mass is 291 g/mol. The summed E-state index contributed by atoms with van der Waals surface area (Å²) in [6.45, 7) is 0. The summed E-state index contributed by atoms with van der Waals surface area (Å²) in [5.74, 6) is 0.223. The number of nitro benzene ring substituents is 1. The molecule has 0 saturated heterocycles. The fourth-order valence-electron chi connectivity index (χ4n) is 2.11. The molecule has 1 aliphatic carbocycles. The minimum absolute atomic E-state index is 0.0568. The molecule has 0 heterocycles. The number of nitro groups is 1. The molecule has 2 rings (SSSR count). The molecule has 0 bridgehead atoms. The summed E-state index contributed by atoms with van der Waals surface area (Å²) in [4.78, 5) is 21.7. The number of benzene rings is 1. The predicted octanol–water partition coefficient (Wildman–Crippen LogP) is 4.00. The topological polar surface area (TPSA) is 78.7 Å². The van der Waals surface area contributed by atoms with E-state index < -0.39 is 11.1 Å². The van der Waals surface area contributed by atoms with Crippen molar-refractivity contribution in [3.63, 3.8) is 0 Å². The van der Waals surface area contributed by atoms with Gasteiger partial charge in [-0.15, -0.1) is 0 Å². The smallest absolute Gasteiger partial charge is 0.426 e. The van der Waals surface area contributed by atoms with Crippen LogP contribution >= 0.6 is 0 Å². The lowest BCUT2D eigenvalue weighted by atomic mass is 10.0. The first-order chi connectivity index (χ1) is 10.1. The van der Waals surface area contributed by atoms with Crippen LogP contribution in [0.5, 0.6) is 5.75 Å². The molecule has 0 aromatic heterocycles. The van der Waals surface area contributed by atoms with Gasteiger partial charge in [0.1, 0.15) is 11.9 Å². The number of ether oxygens (including phenoxy) is 2. The fraction of sp³-hybridized carbons (Fsp3) is 0.400. The molecule has 21 heavy (non-hydrogen) atoms. The highest BCUT2D eigenvalue weighted by molar-refractivity contribution is 5.64. The van der Waals surface area contributed by atoms with Gasteiger partial charge in [-0.2, -0.15) is 0 Å². The van der Waals surface area contributed by atoms with Gasteiger partial charge in [-0.1, -0.05) is 12.5 Å². The molecule has 0 unspecified atom stereocenters. The maximum atomic E-state index is 11.7. The van der Waals surface area contributed by atoms with Gasteiger partial charge in [-0.25, -0.2) is 4.79 Å². The zero-order valence-electron chi connectivity index (χ0n) is 11.6. The number of non-ortho nitro benzene ring substituents is 1. The van der Waals surface area contributed by atoms with Gasteiger partial charge in [-0.3, -0.25) is 10.1 Å². The van der Waals surface area contributed by atoms with Gasteiger partial charge in [0.05, 0.1) is 4.92 Å². The molecule has 0 spiro atoms. The van der Waals surface area contributed by atoms with Crippen LogP contribution in [0.4, 0.5) is 10.5 Å². The molecule has 0 aliphatic heterocycles. The molecule has 0 fully saturated rings. The van der Waals surface area contributed by atoms with Crippen LogP contribution in [-0.2, 0) is 4.74 Å². The second-order valence-corrected chi connectivity index (χ2v) is 4.83. The first-order valence-electron chi connectivity index (χ1n) is 6.95. The minimum Gasteiger partial charge on any atom is -0.426 e. The van der Waals surface area contributed by atoms with Crippen LogP contribution < -0.4 is 4.74 Å². The normalized spacial score (nSPS) is 18.4. The molecule has 0 N–H and O–H groups in total. The standard InChI is InChI=1S/C15H17NO5/c17-15(20-13-6-4-2-1-3-5-7-13)21-14-10-8-12(9-11-14)16(18)19/h4,6,8-11,13H,1-3,5,7H2/t13-/m0/s1. The van der Waals surface area contributed by atoms with E-state index in [2.05, 4.69) is 0 Å². The van der Waals surface area contributed by atoms with E-state index in [-0.39, 0.29) is 17.5 Å². The summed E-state index contributed by atoms with van der Waals surface area (Å²) < 4.78 is 10.2. The molecule has 6 heteroatoms. The second kappa shape index (κ2) is 7.42. The van der Waals surface area contributed by atoms with Gasteiger partial charge in [-0.05, 0) is 43.9 Å². The van der Waals surface area contributed by atoms with Crippen molar-refractivity contribution in [2.24, 2.45) is 0 Å². The Labute approximate surface area is 122 Å². The van der Waals surface area contributed by atoms with Crippen LogP contribution in [0, 0.1) is 10.1 Å². The van der Waals surface area contributed by atoms with E-state index >= 15 is 0 Å². The first-order valence-corrected chi connectivity index (χ1v) is 6.95. The van der Waals surface area contributed by atoms with E-state index in [9.17, 15) is 14.9 Å². The number of rotatable bonds is 3. The molecule has 1 aliphatic rings. The number of allylic oxidation sites excluding steroid dienone is 1. The zero-order valence-corrected chi connectivity index (χ0v) is 11.6. The molecule has 1 aromatic rings. The highest BCUT2D eigenvalue weighted by Gasteiger charge is 2.15. The molecule has 1 atom stereocenters. The Morgan fingerprint density at radius 2 is 1.95 bits per heavy atom. The van der Waals surface area contributed by atoms with Gasteiger partial charge in [0, 0.05) is 12.1 Å². The highest BCUT2D eigenvalue weighted by Crippen LogP contribution is 2.19. The molecule has 1 aromatic carbocycles. The Kier molecular flexibility index (Phi) is 5.31. The molecular weight excluding hydrogens is 274 g/mol. The second-order valence-electron chi connectivity index (χ2n) is 4.83. The highest BCUT2D eigenvalue weighted by atomic mass is 16.7. The quantitative estimate of drug-likeness (QED) is 0.276. The van der Waals surface area contributed by atoms with Crippen molar-refractivity contribution < 1.29 is 19.2 Å².